The summed E-state index contributed by atoms with van der Waals surface area (Å²) in [5, 5.41) is -0.718. The minimum atomic E-state index is -4.73. The summed E-state index contributed by atoms with van der Waals surface area (Å²) in [4.78, 5) is 6.53. The lowest BCUT2D eigenvalue weighted by Crippen LogP contribution is -2.15. The van der Waals surface area contributed by atoms with E-state index < -0.39 is 44.5 Å². The average Bonchev–Trinajstić information content (AvgIpc) is 2.92. The van der Waals surface area contributed by atoms with E-state index in [4.69, 9.17) is 0 Å². The van der Waals surface area contributed by atoms with Crippen molar-refractivity contribution in [2.75, 3.05) is 6.26 Å². The molecule has 0 amide bonds. The Bertz CT molecular complexity index is 585. The van der Waals surface area contributed by atoms with Crippen molar-refractivity contribution in [2.24, 2.45) is 0 Å². The van der Waals surface area contributed by atoms with Gasteiger partial charge in [0.15, 0.2) is 0 Å². The SMILES string of the molecule is CS(=O)(=O)c1ncc(C(F)(F)F)c(C2CC2F)n1. The maximum absolute atomic E-state index is 12.9. The molecule has 1 fully saturated rings. The Labute approximate surface area is 100.0 Å². The Hall–Kier alpha value is -1.25. The number of hydrogen-bond acceptors (Lipinski definition) is 4. The number of halogens is 4. The Morgan fingerprint density at radius 1 is 1.39 bits per heavy atom. The van der Waals surface area contributed by atoms with Crippen LogP contribution in [0, 0.1) is 0 Å². The van der Waals surface area contributed by atoms with Gasteiger partial charge < -0.3 is 0 Å². The van der Waals surface area contributed by atoms with Crippen molar-refractivity contribution in [1.29, 1.82) is 0 Å². The molecule has 1 aromatic rings. The quantitative estimate of drug-likeness (QED) is 0.613. The van der Waals surface area contributed by atoms with Crippen molar-refractivity contribution in [3.63, 3.8) is 0 Å². The zero-order valence-corrected chi connectivity index (χ0v) is 9.89. The van der Waals surface area contributed by atoms with Crippen LogP contribution in [0.15, 0.2) is 11.4 Å². The predicted molar refractivity (Wildman–Crippen MR) is 52.4 cm³/mol. The van der Waals surface area contributed by atoms with Gasteiger partial charge in [0.1, 0.15) is 6.17 Å². The fraction of sp³-hybridized carbons (Fsp3) is 0.556. The molecule has 2 atom stereocenters. The van der Waals surface area contributed by atoms with Crippen LogP contribution in [-0.2, 0) is 16.0 Å². The highest BCUT2D eigenvalue weighted by molar-refractivity contribution is 7.90. The molecule has 0 spiro atoms. The van der Waals surface area contributed by atoms with Gasteiger partial charge in [0.25, 0.3) is 0 Å². The molecule has 0 aromatic carbocycles. The molecule has 9 heteroatoms. The van der Waals surface area contributed by atoms with Crippen LogP contribution < -0.4 is 0 Å². The molecule has 0 bridgehead atoms. The minimum Gasteiger partial charge on any atom is -0.247 e. The summed E-state index contributed by atoms with van der Waals surface area (Å²) in [6.07, 6.45) is -5.05. The zero-order valence-electron chi connectivity index (χ0n) is 9.07. The first-order valence-corrected chi connectivity index (χ1v) is 6.78. The highest BCUT2D eigenvalue weighted by Crippen LogP contribution is 2.47. The fourth-order valence-electron chi connectivity index (χ4n) is 1.50. The Morgan fingerprint density at radius 3 is 2.33 bits per heavy atom. The molecule has 0 aliphatic heterocycles. The maximum Gasteiger partial charge on any atom is 0.419 e. The van der Waals surface area contributed by atoms with Crippen LogP contribution in [-0.4, -0.2) is 30.8 Å². The summed E-state index contributed by atoms with van der Waals surface area (Å²) < 4.78 is 73.1. The summed E-state index contributed by atoms with van der Waals surface area (Å²) in [5.74, 6) is -0.995. The second-order valence-electron chi connectivity index (χ2n) is 4.08. The van der Waals surface area contributed by atoms with Gasteiger partial charge in [0.05, 0.1) is 11.3 Å². The number of alkyl halides is 4. The normalized spacial score (nSPS) is 24.1. The molecule has 1 heterocycles. The molecule has 2 rings (SSSR count). The lowest BCUT2D eigenvalue weighted by atomic mass is 10.1. The molecular weight excluding hydrogens is 276 g/mol. The van der Waals surface area contributed by atoms with E-state index in [2.05, 4.69) is 9.97 Å². The Kier molecular flexibility index (Phi) is 2.84. The highest BCUT2D eigenvalue weighted by Gasteiger charge is 2.46. The molecule has 4 nitrogen and oxygen atoms in total. The van der Waals surface area contributed by atoms with Gasteiger partial charge in [0.2, 0.25) is 15.0 Å². The molecule has 18 heavy (non-hydrogen) atoms. The third-order valence-corrected chi connectivity index (χ3v) is 3.36. The van der Waals surface area contributed by atoms with Crippen molar-refractivity contribution in [2.45, 2.75) is 29.8 Å². The van der Waals surface area contributed by atoms with Crippen LogP contribution in [0.3, 0.4) is 0 Å². The molecule has 0 radical (unpaired) electrons. The van der Waals surface area contributed by atoms with Gasteiger partial charge in [-0.15, -0.1) is 0 Å². The molecule has 1 aliphatic rings. The topological polar surface area (TPSA) is 59.9 Å². The average molecular weight is 284 g/mol. The maximum atomic E-state index is 12.9. The van der Waals surface area contributed by atoms with E-state index in [-0.39, 0.29) is 6.42 Å². The molecule has 0 saturated heterocycles. The predicted octanol–water partition coefficient (Wildman–Crippen LogP) is 1.72. The van der Waals surface area contributed by atoms with Gasteiger partial charge in [-0.2, -0.15) is 13.2 Å². The standard InChI is InChI=1S/C9H8F4N2O2S/c1-18(16,17)8-14-3-5(9(11,12)13)7(15-8)4-2-6(4)10/h3-4,6H,2H2,1H3. The van der Waals surface area contributed by atoms with Crippen LogP contribution in [0.1, 0.15) is 23.6 Å². The molecule has 1 saturated carbocycles. The van der Waals surface area contributed by atoms with Crippen molar-refractivity contribution in [3.05, 3.63) is 17.5 Å². The van der Waals surface area contributed by atoms with Crippen molar-refractivity contribution in [1.82, 2.24) is 9.97 Å². The Balaban J connectivity index is 2.57. The van der Waals surface area contributed by atoms with Crippen LogP contribution >= 0.6 is 0 Å². The van der Waals surface area contributed by atoms with Crippen LogP contribution in [0.5, 0.6) is 0 Å². The van der Waals surface area contributed by atoms with E-state index >= 15 is 0 Å². The van der Waals surface area contributed by atoms with Gasteiger partial charge in [-0.05, 0) is 6.42 Å². The smallest absolute Gasteiger partial charge is 0.247 e. The second-order valence-corrected chi connectivity index (χ2v) is 5.99. The van der Waals surface area contributed by atoms with E-state index in [9.17, 15) is 26.0 Å². The number of rotatable bonds is 2. The lowest BCUT2D eigenvalue weighted by molar-refractivity contribution is -0.138. The van der Waals surface area contributed by atoms with Crippen molar-refractivity contribution < 1.29 is 26.0 Å². The van der Waals surface area contributed by atoms with Gasteiger partial charge >= 0.3 is 6.18 Å². The fourth-order valence-corrected chi connectivity index (χ4v) is 2.01. The van der Waals surface area contributed by atoms with Crippen LogP contribution in [0.4, 0.5) is 17.6 Å². The molecule has 2 unspecified atom stereocenters. The van der Waals surface area contributed by atoms with E-state index in [0.29, 0.717) is 6.20 Å². The van der Waals surface area contributed by atoms with Crippen LogP contribution in [0.25, 0.3) is 0 Å². The molecular formula is C9H8F4N2O2S. The molecule has 1 aromatic heterocycles. The van der Waals surface area contributed by atoms with Crippen molar-refractivity contribution >= 4 is 9.84 Å². The number of hydrogen-bond donors (Lipinski definition) is 0. The second kappa shape index (κ2) is 3.87. The number of aromatic nitrogens is 2. The van der Waals surface area contributed by atoms with Gasteiger partial charge in [-0.1, -0.05) is 0 Å². The third-order valence-electron chi connectivity index (χ3n) is 2.50. The molecule has 0 N–H and O–H groups in total. The summed E-state index contributed by atoms with van der Waals surface area (Å²) >= 11 is 0. The lowest BCUT2D eigenvalue weighted by Gasteiger charge is -2.11. The zero-order chi connectivity index (χ0) is 13.7. The van der Waals surface area contributed by atoms with E-state index in [1.807, 2.05) is 0 Å². The molecule has 100 valence electrons. The minimum absolute atomic E-state index is 0.0801. The molecule has 1 aliphatic carbocycles. The summed E-state index contributed by atoms with van der Waals surface area (Å²) in [5.41, 5.74) is -1.76. The third kappa shape index (κ3) is 2.45. The first-order chi connectivity index (χ1) is 8.10. The van der Waals surface area contributed by atoms with E-state index in [1.165, 1.54) is 0 Å². The first-order valence-electron chi connectivity index (χ1n) is 4.89. The van der Waals surface area contributed by atoms with Crippen LogP contribution in [0.2, 0.25) is 0 Å². The van der Waals surface area contributed by atoms with Crippen molar-refractivity contribution in [3.8, 4) is 0 Å². The van der Waals surface area contributed by atoms with Gasteiger partial charge in [-0.25, -0.2) is 22.8 Å². The number of sulfone groups is 1. The van der Waals surface area contributed by atoms with E-state index in [0.717, 1.165) is 6.26 Å². The number of nitrogens with zero attached hydrogens (tertiary/aromatic N) is 2. The Morgan fingerprint density at radius 2 is 1.94 bits per heavy atom. The summed E-state index contributed by atoms with van der Waals surface area (Å²) in [7, 11) is -3.82. The monoisotopic (exact) mass is 284 g/mol. The highest BCUT2D eigenvalue weighted by atomic mass is 32.2. The van der Waals surface area contributed by atoms with Gasteiger partial charge in [0, 0.05) is 18.4 Å². The van der Waals surface area contributed by atoms with Gasteiger partial charge in [-0.3, -0.25) is 0 Å². The van der Waals surface area contributed by atoms with E-state index in [1.54, 1.807) is 0 Å². The summed E-state index contributed by atoms with van der Waals surface area (Å²) in [6, 6.07) is 0. The first kappa shape index (κ1) is 13.2. The summed E-state index contributed by atoms with van der Waals surface area (Å²) in [6.45, 7) is 0. The largest absolute Gasteiger partial charge is 0.419 e.